The third kappa shape index (κ3) is 6.19. The molecule has 0 atom stereocenters. The first kappa shape index (κ1) is 17.5. The molecule has 1 rings (SSSR count). The van der Waals surface area contributed by atoms with Gasteiger partial charge in [0.05, 0.1) is 13.2 Å². The molecule has 0 spiro atoms. The smallest absolute Gasteiger partial charge is 0.163 e. The second kappa shape index (κ2) is 9.43. The van der Waals surface area contributed by atoms with E-state index in [1.165, 1.54) is 0 Å². The maximum Gasteiger partial charge on any atom is 0.163 e. The van der Waals surface area contributed by atoms with Gasteiger partial charge < -0.3 is 9.47 Å². The Morgan fingerprint density at radius 1 is 1.05 bits per heavy atom. The van der Waals surface area contributed by atoms with Crippen LogP contribution in [0.5, 0.6) is 11.5 Å². The summed E-state index contributed by atoms with van der Waals surface area (Å²) in [5.74, 6) is 2.12. The summed E-state index contributed by atoms with van der Waals surface area (Å²) in [6, 6.07) is 5.51. The molecule has 0 aliphatic carbocycles. The third-order valence-corrected chi connectivity index (χ3v) is 3.14. The zero-order chi connectivity index (χ0) is 15.7. The summed E-state index contributed by atoms with van der Waals surface area (Å²) in [6.45, 7) is 9.67. The van der Waals surface area contributed by atoms with Gasteiger partial charge in [-0.3, -0.25) is 4.79 Å². The van der Waals surface area contributed by atoms with Crippen molar-refractivity contribution in [3.8, 4) is 11.5 Å². The zero-order valence-corrected chi connectivity index (χ0v) is 13.8. The molecular weight excluding hydrogens is 264 g/mol. The second-order valence-corrected chi connectivity index (χ2v) is 5.71. The molecule has 0 radical (unpaired) electrons. The standard InChI is InChI=1S/C18H28O3/c1-5-11-20-17-10-8-15(13-18(17)21-12-6-2)16(19)9-7-14(3)4/h8,10,13-14H,5-7,9,11-12H2,1-4H3. The Labute approximate surface area is 128 Å². The number of hydrogen-bond acceptors (Lipinski definition) is 3. The first-order chi connectivity index (χ1) is 10.1. The Hall–Kier alpha value is -1.51. The van der Waals surface area contributed by atoms with Crippen LogP contribution in [0.4, 0.5) is 0 Å². The van der Waals surface area contributed by atoms with Gasteiger partial charge in [-0.2, -0.15) is 0 Å². The van der Waals surface area contributed by atoms with Crippen molar-refractivity contribution in [2.75, 3.05) is 13.2 Å². The lowest BCUT2D eigenvalue weighted by molar-refractivity contribution is 0.0975. The molecular formula is C18H28O3. The fourth-order valence-electron chi connectivity index (χ4n) is 1.90. The Morgan fingerprint density at radius 2 is 1.67 bits per heavy atom. The molecule has 1 aromatic carbocycles. The molecule has 3 nitrogen and oxygen atoms in total. The molecule has 0 aliphatic heterocycles. The highest BCUT2D eigenvalue weighted by atomic mass is 16.5. The molecule has 0 amide bonds. The Kier molecular flexibility index (Phi) is 7.88. The molecule has 3 heteroatoms. The predicted molar refractivity (Wildman–Crippen MR) is 86.4 cm³/mol. The number of ether oxygens (including phenoxy) is 2. The number of ketones is 1. The highest BCUT2D eigenvalue weighted by Crippen LogP contribution is 2.29. The average molecular weight is 292 g/mol. The van der Waals surface area contributed by atoms with Crippen LogP contribution in [0.3, 0.4) is 0 Å². The molecule has 0 aliphatic rings. The van der Waals surface area contributed by atoms with Gasteiger partial charge in [0.2, 0.25) is 0 Å². The van der Waals surface area contributed by atoms with Gasteiger partial charge in [0.15, 0.2) is 17.3 Å². The molecule has 0 saturated heterocycles. The van der Waals surface area contributed by atoms with Crippen LogP contribution in [-0.2, 0) is 0 Å². The molecule has 118 valence electrons. The second-order valence-electron chi connectivity index (χ2n) is 5.71. The highest BCUT2D eigenvalue weighted by Gasteiger charge is 2.12. The Morgan fingerprint density at radius 3 is 2.24 bits per heavy atom. The van der Waals surface area contributed by atoms with Gasteiger partial charge in [0.1, 0.15) is 0 Å². The van der Waals surface area contributed by atoms with E-state index < -0.39 is 0 Å². The van der Waals surface area contributed by atoms with Gasteiger partial charge in [0, 0.05) is 12.0 Å². The van der Waals surface area contributed by atoms with E-state index in [2.05, 4.69) is 27.7 Å². The van der Waals surface area contributed by atoms with E-state index in [1.807, 2.05) is 18.2 Å². The van der Waals surface area contributed by atoms with Crippen LogP contribution in [0.2, 0.25) is 0 Å². The van der Waals surface area contributed by atoms with Crippen molar-refractivity contribution in [1.29, 1.82) is 0 Å². The van der Waals surface area contributed by atoms with Gasteiger partial charge in [-0.15, -0.1) is 0 Å². The normalized spacial score (nSPS) is 10.7. The maximum atomic E-state index is 12.2. The summed E-state index contributed by atoms with van der Waals surface area (Å²) >= 11 is 0. The van der Waals surface area contributed by atoms with E-state index >= 15 is 0 Å². The van der Waals surface area contributed by atoms with Gasteiger partial charge in [0.25, 0.3) is 0 Å². The van der Waals surface area contributed by atoms with Crippen molar-refractivity contribution in [3.63, 3.8) is 0 Å². The van der Waals surface area contributed by atoms with Crippen molar-refractivity contribution in [3.05, 3.63) is 23.8 Å². The molecule has 1 aromatic rings. The van der Waals surface area contributed by atoms with E-state index in [4.69, 9.17) is 9.47 Å². The van der Waals surface area contributed by atoms with E-state index in [0.29, 0.717) is 36.9 Å². The molecule has 0 unspecified atom stereocenters. The minimum Gasteiger partial charge on any atom is -0.490 e. The first-order valence-electron chi connectivity index (χ1n) is 8.01. The summed E-state index contributed by atoms with van der Waals surface area (Å²) in [7, 11) is 0. The topological polar surface area (TPSA) is 35.5 Å². The van der Waals surface area contributed by atoms with Crippen molar-refractivity contribution in [1.82, 2.24) is 0 Å². The number of benzene rings is 1. The quantitative estimate of drug-likeness (QED) is 0.576. The zero-order valence-electron chi connectivity index (χ0n) is 13.8. The monoisotopic (exact) mass is 292 g/mol. The Bertz CT molecular complexity index is 438. The maximum absolute atomic E-state index is 12.2. The summed E-state index contributed by atoms with van der Waals surface area (Å²) in [5, 5.41) is 0. The largest absolute Gasteiger partial charge is 0.490 e. The van der Waals surface area contributed by atoms with Crippen molar-refractivity contribution < 1.29 is 14.3 Å². The molecule has 0 aromatic heterocycles. The summed E-state index contributed by atoms with van der Waals surface area (Å²) < 4.78 is 11.4. The molecule has 0 saturated carbocycles. The lowest BCUT2D eigenvalue weighted by Crippen LogP contribution is -2.05. The highest BCUT2D eigenvalue weighted by molar-refractivity contribution is 5.96. The molecule has 21 heavy (non-hydrogen) atoms. The summed E-state index contributed by atoms with van der Waals surface area (Å²) in [4.78, 5) is 12.2. The van der Waals surface area contributed by atoms with Crippen molar-refractivity contribution in [2.45, 2.75) is 53.4 Å². The number of Topliss-reactive ketones (excluding diaryl/α,β-unsaturated/α-hetero) is 1. The Balaban J connectivity index is 2.83. The lowest BCUT2D eigenvalue weighted by atomic mass is 10.0. The van der Waals surface area contributed by atoms with Crippen LogP contribution < -0.4 is 9.47 Å². The average Bonchev–Trinajstić information content (AvgIpc) is 2.48. The van der Waals surface area contributed by atoms with Gasteiger partial charge in [-0.05, 0) is 43.4 Å². The number of carbonyl (C=O) groups is 1. The number of hydrogen-bond donors (Lipinski definition) is 0. The predicted octanol–water partition coefficient (Wildman–Crippen LogP) is 4.88. The van der Waals surface area contributed by atoms with Crippen molar-refractivity contribution >= 4 is 5.78 Å². The summed E-state index contributed by atoms with van der Waals surface area (Å²) in [6.07, 6.45) is 3.37. The molecule has 0 fully saturated rings. The van der Waals surface area contributed by atoms with Gasteiger partial charge >= 0.3 is 0 Å². The SMILES string of the molecule is CCCOc1ccc(C(=O)CCC(C)C)cc1OCCC. The number of rotatable bonds is 10. The number of carbonyl (C=O) groups excluding carboxylic acids is 1. The molecule has 0 bridgehead atoms. The summed E-state index contributed by atoms with van der Waals surface area (Å²) in [5.41, 5.74) is 0.714. The minimum atomic E-state index is 0.173. The van der Waals surface area contributed by atoms with Gasteiger partial charge in [-0.1, -0.05) is 27.7 Å². The molecule has 0 heterocycles. The lowest BCUT2D eigenvalue weighted by Gasteiger charge is -2.13. The fraction of sp³-hybridized carbons (Fsp3) is 0.611. The van der Waals surface area contributed by atoms with Crippen LogP contribution in [-0.4, -0.2) is 19.0 Å². The molecule has 0 N–H and O–H groups in total. The van der Waals surface area contributed by atoms with Gasteiger partial charge in [-0.25, -0.2) is 0 Å². The van der Waals surface area contributed by atoms with Crippen LogP contribution >= 0.6 is 0 Å². The first-order valence-corrected chi connectivity index (χ1v) is 8.01. The van der Waals surface area contributed by atoms with Crippen LogP contribution in [0, 0.1) is 5.92 Å². The van der Waals surface area contributed by atoms with Crippen LogP contribution in [0.25, 0.3) is 0 Å². The van der Waals surface area contributed by atoms with Crippen LogP contribution in [0.1, 0.15) is 63.7 Å². The third-order valence-electron chi connectivity index (χ3n) is 3.14. The van der Waals surface area contributed by atoms with E-state index in [1.54, 1.807) is 0 Å². The van der Waals surface area contributed by atoms with Crippen LogP contribution in [0.15, 0.2) is 18.2 Å². The van der Waals surface area contributed by atoms with Crippen molar-refractivity contribution in [2.24, 2.45) is 5.92 Å². The fourth-order valence-corrected chi connectivity index (χ4v) is 1.90. The van der Waals surface area contributed by atoms with E-state index in [9.17, 15) is 4.79 Å². The van der Waals surface area contributed by atoms with E-state index in [-0.39, 0.29) is 5.78 Å². The minimum absolute atomic E-state index is 0.173. The van der Waals surface area contributed by atoms with E-state index in [0.717, 1.165) is 25.0 Å².